The van der Waals surface area contributed by atoms with Crippen LogP contribution in [0.2, 0.25) is 0 Å². The molecule has 20 heteroatoms. The predicted octanol–water partition coefficient (Wildman–Crippen LogP) is -2.04. The molecule has 2 rings (SSSR count). The van der Waals surface area contributed by atoms with Crippen LogP contribution in [0.1, 0.15) is 18.7 Å². The number of nitrogens with one attached hydrogen (secondary N) is 2. The third-order valence-corrected chi connectivity index (χ3v) is 7.48. The highest BCUT2D eigenvalue weighted by Crippen LogP contribution is 2.66. The van der Waals surface area contributed by atoms with Gasteiger partial charge in [-0.15, -0.1) is 0 Å². The number of phosphoric ester groups is 1. The van der Waals surface area contributed by atoms with Crippen LogP contribution in [0.5, 0.6) is 0 Å². The second kappa shape index (κ2) is 8.48. The Balaban J connectivity index is 2.13. The van der Waals surface area contributed by atoms with Crippen LogP contribution in [0.3, 0.4) is 0 Å². The van der Waals surface area contributed by atoms with E-state index in [0.717, 1.165) is 13.0 Å². The monoisotopic (exact) mass is 498 g/mol. The number of aromatic nitrogens is 2. The third kappa shape index (κ3) is 6.48. The molecule has 1 aliphatic rings. The molecule has 6 atom stereocenters. The van der Waals surface area contributed by atoms with Crippen LogP contribution in [-0.4, -0.2) is 64.2 Å². The molecule has 8 N–H and O–H groups in total. The van der Waals surface area contributed by atoms with Gasteiger partial charge < -0.3 is 39.5 Å². The number of aromatic amines is 2. The number of aliphatic hydroxyl groups is 2. The molecule has 1 aromatic rings. The Morgan fingerprint density at radius 1 is 1.10 bits per heavy atom. The molecule has 172 valence electrons. The predicted molar refractivity (Wildman–Crippen MR) is 91.7 cm³/mol. The van der Waals surface area contributed by atoms with E-state index in [1.807, 2.05) is 4.98 Å². The summed E-state index contributed by atoms with van der Waals surface area (Å²) in [5.41, 5.74) is -4.17. The molecule has 0 amide bonds. The van der Waals surface area contributed by atoms with Crippen LogP contribution in [-0.2, 0) is 31.6 Å². The Morgan fingerprint density at radius 3 is 2.23 bits per heavy atom. The quantitative estimate of drug-likeness (QED) is 0.179. The minimum Gasteiger partial charge on any atom is -0.387 e. The Kier molecular flexibility index (Phi) is 7.14. The molecule has 0 bridgehead atoms. The van der Waals surface area contributed by atoms with E-state index in [2.05, 4.69) is 18.1 Å². The van der Waals surface area contributed by atoms with Gasteiger partial charge in [0.2, 0.25) is 0 Å². The molecule has 2 unspecified atom stereocenters. The lowest BCUT2D eigenvalue weighted by molar-refractivity contribution is -0.0660. The van der Waals surface area contributed by atoms with Gasteiger partial charge >= 0.3 is 29.2 Å². The van der Waals surface area contributed by atoms with Crippen molar-refractivity contribution in [1.82, 2.24) is 9.97 Å². The van der Waals surface area contributed by atoms with Crippen molar-refractivity contribution in [2.45, 2.75) is 30.8 Å². The zero-order valence-corrected chi connectivity index (χ0v) is 17.4. The topological polar surface area (TPSA) is 275 Å². The Hall–Kier alpha value is -1.03. The van der Waals surface area contributed by atoms with Crippen LogP contribution in [0.25, 0.3) is 0 Å². The maximum absolute atomic E-state index is 11.7. The van der Waals surface area contributed by atoms with E-state index in [-0.39, 0.29) is 5.69 Å². The van der Waals surface area contributed by atoms with E-state index in [1.165, 1.54) is 0 Å². The molecule has 1 aromatic heterocycles. The van der Waals surface area contributed by atoms with Crippen molar-refractivity contribution in [2.24, 2.45) is 0 Å². The van der Waals surface area contributed by atoms with E-state index in [4.69, 9.17) is 19.4 Å². The summed E-state index contributed by atoms with van der Waals surface area (Å²) < 4.78 is 50.3. The van der Waals surface area contributed by atoms with Crippen molar-refractivity contribution < 1.29 is 61.4 Å². The second-order valence-corrected chi connectivity index (χ2v) is 10.6. The van der Waals surface area contributed by atoms with Gasteiger partial charge in [0.05, 0.1) is 12.3 Å². The minimum absolute atomic E-state index is 0.242. The van der Waals surface area contributed by atoms with Crippen LogP contribution >= 0.6 is 23.5 Å². The largest absolute Gasteiger partial charge is 0.490 e. The SMILES string of the molecule is C[C@@]1(O)[C@H](O)[C@@H](COP(=O)(O)OP(=O)(O)OP(=O)(O)O)O[C@H]1c1cc(=O)[nH]c(=O)[nH]1. The number of hydrogen-bond acceptors (Lipinski definition) is 11. The van der Waals surface area contributed by atoms with Crippen molar-refractivity contribution in [2.75, 3.05) is 6.61 Å². The smallest absolute Gasteiger partial charge is 0.387 e. The summed E-state index contributed by atoms with van der Waals surface area (Å²) >= 11 is 0. The molecule has 2 heterocycles. The fourth-order valence-electron chi connectivity index (χ4n) is 2.54. The summed E-state index contributed by atoms with van der Waals surface area (Å²) in [6.07, 6.45) is -4.91. The van der Waals surface area contributed by atoms with Gasteiger partial charge in [-0.05, 0) is 6.92 Å². The summed E-state index contributed by atoms with van der Waals surface area (Å²) in [4.78, 5) is 62.3. The number of aliphatic hydroxyl groups excluding tert-OH is 1. The number of rotatable bonds is 8. The fraction of sp³-hybridized carbons (Fsp3) is 0.600. The number of phosphoric acid groups is 3. The normalized spacial score (nSPS) is 31.2. The molecule has 1 fully saturated rings. The lowest BCUT2D eigenvalue weighted by Gasteiger charge is -2.26. The third-order valence-electron chi connectivity index (χ3n) is 3.67. The first-order valence-corrected chi connectivity index (χ1v) is 12.1. The molecule has 0 radical (unpaired) electrons. The first-order chi connectivity index (χ1) is 13.4. The Bertz CT molecular complexity index is 1010. The summed E-state index contributed by atoms with van der Waals surface area (Å²) in [5.74, 6) is 0. The maximum Gasteiger partial charge on any atom is 0.490 e. The summed E-state index contributed by atoms with van der Waals surface area (Å²) in [6.45, 7) is 0.0115. The van der Waals surface area contributed by atoms with Gasteiger partial charge in [-0.1, -0.05) is 0 Å². The Morgan fingerprint density at radius 2 is 1.70 bits per heavy atom. The number of hydrogen-bond donors (Lipinski definition) is 8. The molecular weight excluding hydrogens is 481 g/mol. The first-order valence-electron chi connectivity index (χ1n) is 7.60. The van der Waals surface area contributed by atoms with Crippen LogP contribution < -0.4 is 11.2 Å². The lowest BCUT2D eigenvalue weighted by Crippen LogP contribution is -2.43. The molecule has 0 saturated carbocycles. The molecule has 0 spiro atoms. The van der Waals surface area contributed by atoms with Crippen molar-refractivity contribution in [3.63, 3.8) is 0 Å². The maximum atomic E-state index is 11.7. The van der Waals surface area contributed by atoms with Gasteiger partial charge in [0.25, 0.3) is 5.56 Å². The van der Waals surface area contributed by atoms with Crippen LogP contribution in [0, 0.1) is 0 Å². The lowest BCUT2D eigenvalue weighted by atomic mass is 9.91. The summed E-state index contributed by atoms with van der Waals surface area (Å²) in [5, 5.41) is 20.6. The fourth-order valence-corrected chi connectivity index (χ4v) is 5.57. The molecule has 0 aliphatic carbocycles. The minimum atomic E-state index is -5.74. The number of ether oxygens (including phenoxy) is 1. The average Bonchev–Trinajstić information content (AvgIpc) is 2.71. The highest BCUT2D eigenvalue weighted by Gasteiger charge is 2.54. The van der Waals surface area contributed by atoms with Gasteiger partial charge in [0.15, 0.2) is 0 Å². The first kappa shape index (κ1) is 25.2. The molecule has 0 aromatic carbocycles. The van der Waals surface area contributed by atoms with E-state index >= 15 is 0 Å². The molecule has 1 saturated heterocycles. The highest BCUT2D eigenvalue weighted by atomic mass is 31.3. The summed E-state index contributed by atoms with van der Waals surface area (Å²) in [7, 11) is -16.8. The average molecular weight is 498 g/mol. The van der Waals surface area contributed by atoms with Crippen LogP contribution in [0.15, 0.2) is 15.7 Å². The molecule has 1 aliphatic heterocycles. The Labute approximate surface area is 165 Å². The van der Waals surface area contributed by atoms with E-state index < -0.39 is 65.2 Å². The molecule has 30 heavy (non-hydrogen) atoms. The van der Waals surface area contributed by atoms with Gasteiger partial charge in [-0.25, -0.2) is 18.5 Å². The van der Waals surface area contributed by atoms with Crippen molar-refractivity contribution in [3.05, 3.63) is 32.6 Å². The number of H-pyrrole nitrogens is 2. The van der Waals surface area contributed by atoms with Crippen molar-refractivity contribution in [1.29, 1.82) is 0 Å². The zero-order valence-electron chi connectivity index (χ0n) is 14.7. The zero-order chi connectivity index (χ0) is 23.1. The summed E-state index contributed by atoms with van der Waals surface area (Å²) in [6, 6.07) is 0.859. The highest BCUT2D eigenvalue weighted by molar-refractivity contribution is 7.66. The van der Waals surface area contributed by atoms with Gasteiger partial charge in [-0.2, -0.15) is 8.62 Å². The van der Waals surface area contributed by atoms with Gasteiger partial charge in [0, 0.05) is 6.07 Å². The van der Waals surface area contributed by atoms with E-state index in [0.29, 0.717) is 0 Å². The molecule has 17 nitrogen and oxygen atoms in total. The van der Waals surface area contributed by atoms with Gasteiger partial charge in [0.1, 0.15) is 23.9 Å². The van der Waals surface area contributed by atoms with Crippen molar-refractivity contribution in [3.8, 4) is 0 Å². The van der Waals surface area contributed by atoms with Crippen LogP contribution in [0.4, 0.5) is 0 Å². The molecular formula is C10H17N2O15P3. The van der Waals surface area contributed by atoms with E-state index in [1.54, 1.807) is 0 Å². The second-order valence-electron chi connectivity index (χ2n) is 6.16. The van der Waals surface area contributed by atoms with Crippen molar-refractivity contribution >= 4 is 23.5 Å². The standard InChI is InChI=1S/C10H17N2O15P3/c1-10(16)7(14)5(25-8(10)4-2-6(13)12-9(15)11-4)3-24-29(20,21)27-30(22,23)26-28(17,18)19/h2,5,7-8,14,16H,3H2,1H3,(H,20,21)(H,22,23)(H2,17,18,19)(H2,11,12,13,15)/t5-,7-,8+,10-/m1/s1. The van der Waals surface area contributed by atoms with Gasteiger partial charge in [-0.3, -0.25) is 14.3 Å². The van der Waals surface area contributed by atoms with E-state index in [9.17, 15) is 38.4 Å².